The molecule has 5 heteroatoms. The summed E-state index contributed by atoms with van der Waals surface area (Å²) in [5, 5.41) is 8.80. The SMILES string of the molecule is CCOC(=O)N1CCc2cc(C#N)sc2C1. The quantitative estimate of drug-likeness (QED) is 0.750. The van der Waals surface area contributed by atoms with Crippen LogP contribution in [0, 0.1) is 11.3 Å². The predicted octanol–water partition coefficient (Wildman–Crippen LogP) is 2.13. The Balaban J connectivity index is 2.11. The summed E-state index contributed by atoms with van der Waals surface area (Å²) < 4.78 is 4.96. The van der Waals surface area contributed by atoms with E-state index in [2.05, 4.69) is 6.07 Å². The maximum absolute atomic E-state index is 11.5. The molecule has 0 N–H and O–H groups in total. The van der Waals surface area contributed by atoms with E-state index in [1.165, 1.54) is 16.9 Å². The summed E-state index contributed by atoms with van der Waals surface area (Å²) in [6.45, 7) is 3.44. The van der Waals surface area contributed by atoms with Gasteiger partial charge >= 0.3 is 6.09 Å². The van der Waals surface area contributed by atoms with Gasteiger partial charge in [0.05, 0.1) is 13.2 Å². The van der Waals surface area contributed by atoms with Gasteiger partial charge in [0.1, 0.15) is 10.9 Å². The average molecular weight is 236 g/mol. The molecular weight excluding hydrogens is 224 g/mol. The Labute approximate surface area is 98.0 Å². The van der Waals surface area contributed by atoms with Crippen molar-refractivity contribution in [3.05, 3.63) is 21.4 Å². The molecule has 1 aromatic heterocycles. The molecule has 4 nitrogen and oxygen atoms in total. The number of carbonyl (C=O) groups is 1. The third kappa shape index (κ3) is 2.02. The van der Waals surface area contributed by atoms with Gasteiger partial charge in [-0.2, -0.15) is 5.26 Å². The molecule has 84 valence electrons. The van der Waals surface area contributed by atoms with Crippen molar-refractivity contribution >= 4 is 17.4 Å². The van der Waals surface area contributed by atoms with Gasteiger partial charge in [-0.15, -0.1) is 11.3 Å². The number of hydrogen-bond acceptors (Lipinski definition) is 4. The molecule has 0 fully saturated rings. The van der Waals surface area contributed by atoms with Gasteiger partial charge in [-0.25, -0.2) is 4.79 Å². The zero-order chi connectivity index (χ0) is 11.5. The number of rotatable bonds is 1. The maximum Gasteiger partial charge on any atom is 0.410 e. The highest BCUT2D eigenvalue weighted by atomic mass is 32.1. The largest absolute Gasteiger partial charge is 0.450 e. The Morgan fingerprint density at radius 1 is 1.75 bits per heavy atom. The first-order chi connectivity index (χ1) is 7.74. The molecule has 0 radical (unpaired) electrons. The Hall–Kier alpha value is -1.54. The first kappa shape index (κ1) is 11.0. The van der Waals surface area contributed by atoms with Gasteiger partial charge in [-0.1, -0.05) is 0 Å². The molecule has 0 saturated carbocycles. The van der Waals surface area contributed by atoms with E-state index < -0.39 is 0 Å². The molecular formula is C11H12N2O2S. The highest BCUT2D eigenvalue weighted by molar-refractivity contribution is 7.12. The van der Waals surface area contributed by atoms with Gasteiger partial charge in [0.25, 0.3) is 0 Å². The van der Waals surface area contributed by atoms with Crippen LogP contribution in [-0.4, -0.2) is 24.1 Å². The van der Waals surface area contributed by atoms with E-state index in [1.807, 2.05) is 6.07 Å². The third-order valence-electron chi connectivity index (χ3n) is 2.52. The fraction of sp³-hybridized carbons (Fsp3) is 0.455. The molecule has 1 aliphatic rings. The lowest BCUT2D eigenvalue weighted by atomic mass is 10.1. The summed E-state index contributed by atoms with van der Waals surface area (Å²) in [6, 6.07) is 4.06. The van der Waals surface area contributed by atoms with Crippen LogP contribution in [0.2, 0.25) is 0 Å². The van der Waals surface area contributed by atoms with Crippen molar-refractivity contribution < 1.29 is 9.53 Å². The highest BCUT2D eigenvalue weighted by Crippen LogP contribution is 2.27. The lowest BCUT2D eigenvalue weighted by Crippen LogP contribution is -2.35. The van der Waals surface area contributed by atoms with Gasteiger partial charge in [-0.05, 0) is 25.0 Å². The third-order valence-corrected chi connectivity index (χ3v) is 3.59. The Bertz CT molecular complexity index is 447. The fourth-order valence-corrected chi connectivity index (χ4v) is 2.77. The monoisotopic (exact) mass is 236 g/mol. The van der Waals surface area contributed by atoms with Crippen LogP contribution in [0.3, 0.4) is 0 Å². The highest BCUT2D eigenvalue weighted by Gasteiger charge is 2.23. The average Bonchev–Trinajstić information content (AvgIpc) is 2.70. The number of thiophene rings is 1. The Kier molecular flexibility index (Phi) is 3.11. The van der Waals surface area contributed by atoms with Crippen LogP contribution in [0.1, 0.15) is 22.2 Å². The lowest BCUT2D eigenvalue weighted by Gasteiger charge is -2.25. The molecule has 1 aliphatic heterocycles. The van der Waals surface area contributed by atoms with E-state index in [-0.39, 0.29) is 6.09 Å². The minimum Gasteiger partial charge on any atom is -0.450 e. The summed E-state index contributed by atoms with van der Waals surface area (Å²) in [5.41, 5.74) is 1.20. The second-order valence-electron chi connectivity index (χ2n) is 3.54. The number of carbonyl (C=O) groups excluding carboxylic acids is 1. The first-order valence-corrected chi connectivity index (χ1v) is 5.99. The molecule has 16 heavy (non-hydrogen) atoms. The topological polar surface area (TPSA) is 53.3 Å². The molecule has 0 aromatic carbocycles. The van der Waals surface area contributed by atoms with Crippen molar-refractivity contribution in [2.24, 2.45) is 0 Å². The van der Waals surface area contributed by atoms with Gasteiger partial charge in [0.15, 0.2) is 0 Å². The number of nitrogens with zero attached hydrogens (tertiary/aromatic N) is 2. The van der Waals surface area contributed by atoms with E-state index in [4.69, 9.17) is 10.00 Å². The van der Waals surface area contributed by atoms with Crippen LogP contribution in [0.5, 0.6) is 0 Å². The number of ether oxygens (including phenoxy) is 1. The van der Waals surface area contributed by atoms with Crippen molar-refractivity contribution in [2.45, 2.75) is 19.9 Å². The molecule has 1 amide bonds. The van der Waals surface area contributed by atoms with Crippen LogP contribution in [-0.2, 0) is 17.7 Å². The summed E-state index contributed by atoms with van der Waals surface area (Å²) in [6.07, 6.45) is 0.548. The first-order valence-electron chi connectivity index (χ1n) is 5.18. The van der Waals surface area contributed by atoms with Crippen molar-refractivity contribution in [3.8, 4) is 6.07 Å². The molecule has 0 aliphatic carbocycles. The second kappa shape index (κ2) is 4.54. The lowest BCUT2D eigenvalue weighted by molar-refractivity contribution is 0.103. The van der Waals surface area contributed by atoms with Crippen LogP contribution < -0.4 is 0 Å². The fourth-order valence-electron chi connectivity index (χ4n) is 1.75. The summed E-state index contributed by atoms with van der Waals surface area (Å²) >= 11 is 1.46. The molecule has 0 saturated heterocycles. The van der Waals surface area contributed by atoms with Gasteiger partial charge in [-0.3, -0.25) is 0 Å². The van der Waals surface area contributed by atoms with Crippen LogP contribution in [0.4, 0.5) is 4.79 Å². The van der Waals surface area contributed by atoms with Crippen LogP contribution >= 0.6 is 11.3 Å². The molecule has 2 rings (SSSR count). The standard InChI is InChI=1S/C11H12N2O2S/c1-2-15-11(14)13-4-3-8-5-9(6-12)16-10(8)7-13/h5H,2-4,7H2,1H3. The van der Waals surface area contributed by atoms with Gasteiger partial charge in [0.2, 0.25) is 0 Å². The summed E-state index contributed by atoms with van der Waals surface area (Å²) in [4.78, 5) is 15.0. The predicted molar refractivity (Wildman–Crippen MR) is 60.2 cm³/mol. The van der Waals surface area contributed by atoms with Gasteiger partial charge in [0, 0.05) is 11.4 Å². The Morgan fingerprint density at radius 3 is 3.25 bits per heavy atom. The van der Waals surface area contributed by atoms with E-state index in [0.717, 1.165) is 16.2 Å². The van der Waals surface area contributed by atoms with Crippen molar-refractivity contribution in [1.82, 2.24) is 4.90 Å². The second-order valence-corrected chi connectivity index (χ2v) is 4.68. The van der Waals surface area contributed by atoms with E-state index in [9.17, 15) is 4.79 Å². The van der Waals surface area contributed by atoms with E-state index >= 15 is 0 Å². The maximum atomic E-state index is 11.5. The normalized spacial score (nSPS) is 14.1. The summed E-state index contributed by atoms with van der Waals surface area (Å²) in [5.74, 6) is 0. The van der Waals surface area contributed by atoms with E-state index in [0.29, 0.717) is 19.7 Å². The Morgan fingerprint density at radius 2 is 2.56 bits per heavy atom. The number of nitriles is 1. The minimum absolute atomic E-state index is 0.264. The molecule has 1 aromatic rings. The van der Waals surface area contributed by atoms with Crippen LogP contribution in [0.25, 0.3) is 0 Å². The molecule has 0 bridgehead atoms. The molecule has 0 spiro atoms. The zero-order valence-corrected chi connectivity index (χ0v) is 9.84. The number of amides is 1. The summed E-state index contributed by atoms with van der Waals surface area (Å²) in [7, 11) is 0. The molecule has 0 unspecified atom stereocenters. The van der Waals surface area contributed by atoms with Crippen molar-refractivity contribution in [3.63, 3.8) is 0 Å². The zero-order valence-electron chi connectivity index (χ0n) is 9.02. The van der Waals surface area contributed by atoms with Crippen molar-refractivity contribution in [1.29, 1.82) is 5.26 Å². The van der Waals surface area contributed by atoms with E-state index in [1.54, 1.807) is 11.8 Å². The molecule has 0 atom stereocenters. The smallest absolute Gasteiger partial charge is 0.410 e. The number of fused-ring (bicyclic) bond motifs is 1. The van der Waals surface area contributed by atoms with Crippen molar-refractivity contribution in [2.75, 3.05) is 13.2 Å². The van der Waals surface area contributed by atoms with Gasteiger partial charge < -0.3 is 9.64 Å². The minimum atomic E-state index is -0.264. The molecule has 2 heterocycles. The van der Waals surface area contributed by atoms with Crippen LogP contribution in [0.15, 0.2) is 6.07 Å². The number of hydrogen-bond donors (Lipinski definition) is 0.